The van der Waals surface area contributed by atoms with Gasteiger partial charge >= 0.3 is 5.97 Å². The molecular weight excluding hydrogens is 156 g/mol. The van der Waals surface area contributed by atoms with Crippen LogP contribution in [0, 0.1) is 5.41 Å². The summed E-state index contributed by atoms with van der Waals surface area (Å²) in [4.78, 5) is 21.9. The van der Waals surface area contributed by atoms with E-state index in [1.54, 1.807) is 6.92 Å². The van der Waals surface area contributed by atoms with Gasteiger partial charge in [0.1, 0.15) is 5.78 Å². The van der Waals surface area contributed by atoms with Crippen molar-refractivity contribution in [2.75, 3.05) is 7.11 Å². The molecule has 0 aromatic rings. The van der Waals surface area contributed by atoms with Crippen molar-refractivity contribution >= 4 is 11.8 Å². The zero-order valence-electron chi connectivity index (χ0n) is 7.55. The Bertz CT molecular complexity index is 204. The first-order valence-electron chi connectivity index (χ1n) is 4.18. The zero-order valence-corrected chi connectivity index (χ0v) is 7.55. The highest BCUT2D eigenvalue weighted by Crippen LogP contribution is 2.50. The van der Waals surface area contributed by atoms with Crippen molar-refractivity contribution in [3.63, 3.8) is 0 Å². The maximum absolute atomic E-state index is 11.1. The summed E-state index contributed by atoms with van der Waals surface area (Å²) in [5.41, 5.74) is -0.159. The summed E-state index contributed by atoms with van der Waals surface area (Å²) in [6.07, 6.45) is 2.92. The molecule has 0 amide bonds. The maximum Gasteiger partial charge on any atom is 0.305 e. The van der Waals surface area contributed by atoms with Crippen molar-refractivity contribution in [1.82, 2.24) is 0 Å². The minimum Gasteiger partial charge on any atom is -0.469 e. The van der Waals surface area contributed by atoms with Crippen molar-refractivity contribution in [3.05, 3.63) is 0 Å². The Hall–Kier alpha value is -0.860. The van der Waals surface area contributed by atoms with Crippen molar-refractivity contribution in [3.8, 4) is 0 Å². The molecule has 0 heterocycles. The highest BCUT2D eigenvalue weighted by molar-refractivity contribution is 5.85. The van der Waals surface area contributed by atoms with E-state index in [1.165, 1.54) is 7.11 Å². The first kappa shape index (κ1) is 9.23. The van der Waals surface area contributed by atoms with Gasteiger partial charge < -0.3 is 4.74 Å². The van der Waals surface area contributed by atoms with Crippen molar-refractivity contribution in [1.29, 1.82) is 0 Å². The van der Waals surface area contributed by atoms with Crippen LogP contribution in [-0.4, -0.2) is 18.9 Å². The van der Waals surface area contributed by atoms with Crippen LogP contribution in [0.5, 0.6) is 0 Å². The third-order valence-corrected chi connectivity index (χ3v) is 2.64. The van der Waals surface area contributed by atoms with Crippen LogP contribution in [0.2, 0.25) is 0 Å². The Labute approximate surface area is 72.1 Å². The number of esters is 1. The topological polar surface area (TPSA) is 43.4 Å². The fourth-order valence-corrected chi connectivity index (χ4v) is 1.37. The SMILES string of the molecule is COC(=O)CCC1(C(C)=O)CC1. The van der Waals surface area contributed by atoms with E-state index in [0.717, 1.165) is 12.8 Å². The number of hydrogen-bond acceptors (Lipinski definition) is 3. The second kappa shape index (κ2) is 3.25. The lowest BCUT2D eigenvalue weighted by Crippen LogP contribution is -2.14. The molecule has 0 bridgehead atoms. The van der Waals surface area contributed by atoms with Gasteiger partial charge in [0, 0.05) is 11.8 Å². The standard InChI is InChI=1S/C9H14O3/c1-7(10)9(5-6-9)4-3-8(11)12-2/h3-6H2,1-2H3. The van der Waals surface area contributed by atoms with Gasteiger partial charge in [0.2, 0.25) is 0 Å². The number of ketones is 1. The van der Waals surface area contributed by atoms with E-state index in [1.807, 2.05) is 0 Å². The molecular formula is C9H14O3. The third kappa shape index (κ3) is 1.84. The normalized spacial score (nSPS) is 18.5. The van der Waals surface area contributed by atoms with E-state index >= 15 is 0 Å². The zero-order chi connectivity index (χ0) is 9.19. The van der Waals surface area contributed by atoms with Gasteiger partial charge in [-0.15, -0.1) is 0 Å². The maximum atomic E-state index is 11.1. The third-order valence-electron chi connectivity index (χ3n) is 2.64. The molecule has 3 heteroatoms. The molecule has 1 aliphatic rings. The molecule has 1 aliphatic carbocycles. The summed E-state index contributed by atoms with van der Waals surface area (Å²) in [7, 11) is 1.37. The van der Waals surface area contributed by atoms with Crippen LogP contribution < -0.4 is 0 Å². The van der Waals surface area contributed by atoms with Crippen LogP contribution in [0.25, 0.3) is 0 Å². The van der Waals surface area contributed by atoms with Gasteiger partial charge in [-0.2, -0.15) is 0 Å². The Morgan fingerprint density at radius 1 is 1.42 bits per heavy atom. The van der Waals surface area contributed by atoms with Crippen molar-refractivity contribution in [2.24, 2.45) is 5.41 Å². The molecule has 1 fully saturated rings. The van der Waals surface area contributed by atoms with E-state index in [0.29, 0.717) is 12.8 Å². The molecule has 0 aliphatic heterocycles. The van der Waals surface area contributed by atoms with Gasteiger partial charge in [0.15, 0.2) is 0 Å². The summed E-state index contributed by atoms with van der Waals surface area (Å²) in [5.74, 6) is -0.00562. The summed E-state index contributed by atoms with van der Waals surface area (Å²) in [6.45, 7) is 1.60. The lowest BCUT2D eigenvalue weighted by Gasteiger charge is -2.08. The quantitative estimate of drug-likeness (QED) is 0.597. The van der Waals surface area contributed by atoms with Crippen LogP contribution in [0.4, 0.5) is 0 Å². The van der Waals surface area contributed by atoms with E-state index < -0.39 is 0 Å². The van der Waals surface area contributed by atoms with Gasteiger partial charge in [0.05, 0.1) is 7.11 Å². The molecule has 0 spiro atoms. The molecule has 0 radical (unpaired) electrons. The van der Waals surface area contributed by atoms with E-state index in [4.69, 9.17) is 0 Å². The lowest BCUT2D eigenvalue weighted by molar-refractivity contribution is -0.141. The fourth-order valence-electron chi connectivity index (χ4n) is 1.37. The largest absolute Gasteiger partial charge is 0.469 e. The second-order valence-electron chi connectivity index (χ2n) is 3.41. The summed E-state index contributed by atoms with van der Waals surface area (Å²) in [5, 5.41) is 0. The molecule has 0 saturated heterocycles. The average molecular weight is 170 g/mol. The molecule has 0 aromatic heterocycles. The van der Waals surface area contributed by atoms with E-state index in [2.05, 4.69) is 4.74 Å². The minimum atomic E-state index is -0.220. The Kier molecular flexibility index (Phi) is 2.50. The summed E-state index contributed by atoms with van der Waals surface area (Å²) < 4.78 is 4.50. The van der Waals surface area contributed by atoms with Gasteiger partial charge in [-0.3, -0.25) is 9.59 Å². The highest BCUT2D eigenvalue weighted by Gasteiger charge is 2.46. The van der Waals surface area contributed by atoms with Crippen LogP contribution in [0.3, 0.4) is 0 Å². The van der Waals surface area contributed by atoms with Crippen LogP contribution in [0.15, 0.2) is 0 Å². The molecule has 0 atom stereocenters. The molecule has 1 rings (SSSR count). The molecule has 0 aromatic carbocycles. The first-order valence-corrected chi connectivity index (χ1v) is 4.18. The average Bonchev–Trinajstić information content (AvgIpc) is 2.81. The molecule has 0 N–H and O–H groups in total. The number of methoxy groups -OCH3 is 1. The van der Waals surface area contributed by atoms with Gasteiger partial charge in [-0.05, 0) is 26.2 Å². The Balaban J connectivity index is 2.32. The second-order valence-corrected chi connectivity index (χ2v) is 3.41. The smallest absolute Gasteiger partial charge is 0.305 e. The van der Waals surface area contributed by atoms with E-state index in [9.17, 15) is 9.59 Å². The molecule has 68 valence electrons. The Morgan fingerprint density at radius 2 is 2.00 bits per heavy atom. The number of carbonyl (C=O) groups excluding carboxylic acids is 2. The lowest BCUT2D eigenvalue weighted by atomic mass is 9.96. The number of Topliss-reactive ketones (excluding diaryl/α,β-unsaturated/α-hetero) is 1. The summed E-state index contributed by atoms with van der Waals surface area (Å²) >= 11 is 0. The number of rotatable bonds is 4. The van der Waals surface area contributed by atoms with Gasteiger partial charge in [-0.1, -0.05) is 0 Å². The predicted molar refractivity (Wildman–Crippen MR) is 43.6 cm³/mol. The van der Waals surface area contributed by atoms with Crippen LogP contribution in [-0.2, 0) is 14.3 Å². The Morgan fingerprint density at radius 3 is 2.33 bits per heavy atom. The fraction of sp³-hybridized carbons (Fsp3) is 0.778. The van der Waals surface area contributed by atoms with Crippen molar-refractivity contribution < 1.29 is 14.3 Å². The van der Waals surface area contributed by atoms with Crippen molar-refractivity contribution in [2.45, 2.75) is 32.6 Å². The highest BCUT2D eigenvalue weighted by atomic mass is 16.5. The molecule has 12 heavy (non-hydrogen) atoms. The number of hydrogen-bond donors (Lipinski definition) is 0. The minimum absolute atomic E-state index is 0.159. The first-order chi connectivity index (χ1) is 5.60. The van der Waals surface area contributed by atoms with Crippen LogP contribution >= 0.6 is 0 Å². The molecule has 0 unspecified atom stereocenters. The number of carbonyl (C=O) groups is 2. The predicted octanol–water partition coefficient (Wildman–Crippen LogP) is 1.31. The molecule has 3 nitrogen and oxygen atoms in total. The number of ether oxygens (including phenoxy) is 1. The van der Waals surface area contributed by atoms with E-state index in [-0.39, 0.29) is 17.2 Å². The van der Waals surface area contributed by atoms with Gasteiger partial charge in [-0.25, -0.2) is 0 Å². The summed E-state index contributed by atoms with van der Waals surface area (Å²) in [6, 6.07) is 0. The molecule has 1 saturated carbocycles. The van der Waals surface area contributed by atoms with Gasteiger partial charge in [0.25, 0.3) is 0 Å². The monoisotopic (exact) mass is 170 g/mol. The van der Waals surface area contributed by atoms with Crippen LogP contribution in [0.1, 0.15) is 32.6 Å².